The highest BCUT2D eigenvalue weighted by Gasteiger charge is 2.08. The maximum Gasteiger partial charge on any atom is 0.191 e. The zero-order valence-electron chi connectivity index (χ0n) is 10.0. The van der Waals surface area contributed by atoms with E-state index in [-0.39, 0.29) is 0 Å². The van der Waals surface area contributed by atoms with Gasteiger partial charge in [0, 0.05) is 19.6 Å². The standard InChI is InChI=1S/C11H22N4/c1-4-7-14-11(13)15(8-5-6-12)9-10(2)3/h10H,4-5,7-9H2,1-3H3,(H2,13,14). The van der Waals surface area contributed by atoms with Gasteiger partial charge in [-0.2, -0.15) is 5.26 Å². The molecule has 0 aliphatic heterocycles. The molecule has 15 heavy (non-hydrogen) atoms. The van der Waals surface area contributed by atoms with Crippen LogP contribution in [-0.2, 0) is 0 Å². The minimum absolute atomic E-state index is 0.495. The first-order valence-electron chi connectivity index (χ1n) is 5.53. The minimum Gasteiger partial charge on any atom is -0.370 e. The number of nitriles is 1. The van der Waals surface area contributed by atoms with E-state index >= 15 is 0 Å². The molecule has 4 heteroatoms. The first-order chi connectivity index (χ1) is 7.11. The van der Waals surface area contributed by atoms with E-state index in [1.54, 1.807) is 0 Å². The molecule has 0 bridgehead atoms. The second-order valence-electron chi connectivity index (χ2n) is 3.99. The third-order valence-electron chi connectivity index (χ3n) is 1.90. The zero-order valence-corrected chi connectivity index (χ0v) is 10.0. The summed E-state index contributed by atoms with van der Waals surface area (Å²) in [5.41, 5.74) is 5.86. The van der Waals surface area contributed by atoms with Gasteiger partial charge in [0.2, 0.25) is 0 Å². The molecule has 0 aliphatic carbocycles. The number of rotatable bonds is 6. The lowest BCUT2D eigenvalue weighted by Gasteiger charge is -2.24. The van der Waals surface area contributed by atoms with Crippen LogP contribution in [0.15, 0.2) is 4.99 Å². The molecular formula is C11H22N4. The van der Waals surface area contributed by atoms with E-state index in [2.05, 4.69) is 31.8 Å². The summed E-state index contributed by atoms with van der Waals surface area (Å²) in [6.07, 6.45) is 1.49. The van der Waals surface area contributed by atoms with Crippen molar-refractivity contribution < 1.29 is 0 Å². The zero-order chi connectivity index (χ0) is 11.7. The van der Waals surface area contributed by atoms with Crippen molar-refractivity contribution in [2.75, 3.05) is 19.6 Å². The highest BCUT2D eigenvalue weighted by molar-refractivity contribution is 5.78. The fraction of sp³-hybridized carbons (Fsp3) is 0.818. The van der Waals surface area contributed by atoms with Crippen LogP contribution in [0.2, 0.25) is 0 Å². The van der Waals surface area contributed by atoms with E-state index in [1.807, 2.05) is 4.90 Å². The predicted molar refractivity (Wildman–Crippen MR) is 63.4 cm³/mol. The van der Waals surface area contributed by atoms with Gasteiger partial charge in [-0.25, -0.2) is 0 Å². The Hall–Kier alpha value is -1.24. The van der Waals surface area contributed by atoms with Crippen LogP contribution in [0.1, 0.15) is 33.6 Å². The molecule has 86 valence electrons. The highest BCUT2D eigenvalue weighted by Crippen LogP contribution is 2.00. The summed E-state index contributed by atoms with van der Waals surface area (Å²) in [5, 5.41) is 8.55. The third kappa shape index (κ3) is 6.78. The van der Waals surface area contributed by atoms with Crippen molar-refractivity contribution in [3.05, 3.63) is 0 Å². The smallest absolute Gasteiger partial charge is 0.191 e. The number of nitrogens with zero attached hydrogens (tertiary/aromatic N) is 3. The van der Waals surface area contributed by atoms with Crippen molar-refractivity contribution >= 4 is 5.96 Å². The second kappa shape index (κ2) is 8.10. The molecule has 0 saturated carbocycles. The van der Waals surface area contributed by atoms with Crippen LogP contribution in [0.3, 0.4) is 0 Å². The number of hydrogen-bond acceptors (Lipinski definition) is 2. The number of aliphatic imine (C=N–C) groups is 1. The van der Waals surface area contributed by atoms with Crippen molar-refractivity contribution in [1.29, 1.82) is 5.26 Å². The molecule has 0 atom stereocenters. The largest absolute Gasteiger partial charge is 0.370 e. The van der Waals surface area contributed by atoms with Gasteiger partial charge in [-0.05, 0) is 12.3 Å². The molecule has 0 amide bonds. The Morgan fingerprint density at radius 1 is 1.53 bits per heavy atom. The maximum atomic E-state index is 8.55. The third-order valence-corrected chi connectivity index (χ3v) is 1.90. The van der Waals surface area contributed by atoms with Crippen LogP contribution in [0.4, 0.5) is 0 Å². The summed E-state index contributed by atoms with van der Waals surface area (Å²) in [4.78, 5) is 6.25. The molecule has 0 spiro atoms. The van der Waals surface area contributed by atoms with Crippen LogP contribution in [0, 0.1) is 17.2 Å². The van der Waals surface area contributed by atoms with Crippen molar-refractivity contribution in [1.82, 2.24) is 4.90 Å². The van der Waals surface area contributed by atoms with Gasteiger partial charge in [0.1, 0.15) is 0 Å². The summed E-state index contributed by atoms with van der Waals surface area (Å²) in [6, 6.07) is 2.13. The molecule has 0 fully saturated rings. The number of nitrogens with two attached hydrogens (primary N) is 1. The second-order valence-corrected chi connectivity index (χ2v) is 3.99. The first-order valence-corrected chi connectivity index (χ1v) is 5.53. The van der Waals surface area contributed by atoms with Crippen LogP contribution in [-0.4, -0.2) is 30.5 Å². The van der Waals surface area contributed by atoms with Gasteiger partial charge in [0.05, 0.1) is 12.5 Å². The van der Waals surface area contributed by atoms with Gasteiger partial charge in [0.25, 0.3) is 0 Å². The van der Waals surface area contributed by atoms with Gasteiger partial charge < -0.3 is 10.6 Å². The Balaban J connectivity index is 4.27. The average Bonchev–Trinajstić information content (AvgIpc) is 2.20. The fourth-order valence-electron chi connectivity index (χ4n) is 1.25. The minimum atomic E-state index is 0.495. The molecule has 0 heterocycles. The summed E-state index contributed by atoms with van der Waals surface area (Å²) in [7, 11) is 0. The summed E-state index contributed by atoms with van der Waals surface area (Å²) < 4.78 is 0. The molecule has 0 rings (SSSR count). The monoisotopic (exact) mass is 210 g/mol. The van der Waals surface area contributed by atoms with Crippen LogP contribution >= 0.6 is 0 Å². The van der Waals surface area contributed by atoms with E-state index in [1.165, 1.54) is 0 Å². The maximum absolute atomic E-state index is 8.55. The molecule has 0 aromatic carbocycles. The van der Waals surface area contributed by atoms with E-state index < -0.39 is 0 Å². The Labute approximate surface area is 92.8 Å². The van der Waals surface area contributed by atoms with Gasteiger partial charge in [0.15, 0.2) is 5.96 Å². The van der Waals surface area contributed by atoms with Gasteiger partial charge in [-0.1, -0.05) is 20.8 Å². The molecule has 0 unspecified atom stereocenters. The summed E-state index contributed by atoms with van der Waals surface area (Å²) >= 11 is 0. The highest BCUT2D eigenvalue weighted by atomic mass is 15.2. The first kappa shape index (κ1) is 13.8. The van der Waals surface area contributed by atoms with Gasteiger partial charge >= 0.3 is 0 Å². The van der Waals surface area contributed by atoms with E-state index in [0.29, 0.717) is 24.8 Å². The van der Waals surface area contributed by atoms with Crippen LogP contribution in [0.25, 0.3) is 0 Å². The summed E-state index contributed by atoms with van der Waals surface area (Å²) in [6.45, 7) is 8.62. The normalized spacial score (nSPS) is 11.5. The molecule has 0 radical (unpaired) electrons. The van der Waals surface area contributed by atoms with E-state index in [4.69, 9.17) is 11.0 Å². The molecule has 0 aromatic heterocycles. The summed E-state index contributed by atoms with van der Waals surface area (Å²) in [5.74, 6) is 1.10. The molecule has 2 N–H and O–H groups in total. The van der Waals surface area contributed by atoms with Crippen molar-refractivity contribution in [3.8, 4) is 6.07 Å². The van der Waals surface area contributed by atoms with E-state index in [9.17, 15) is 0 Å². The number of hydrogen-bond donors (Lipinski definition) is 1. The molecule has 0 saturated heterocycles. The SMILES string of the molecule is CCCN=C(N)N(CCC#N)CC(C)C. The Morgan fingerprint density at radius 3 is 2.67 bits per heavy atom. The van der Waals surface area contributed by atoms with E-state index in [0.717, 1.165) is 19.5 Å². The van der Waals surface area contributed by atoms with Crippen molar-refractivity contribution in [2.45, 2.75) is 33.6 Å². The van der Waals surface area contributed by atoms with Crippen LogP contribution < -0.4 is 5.73 Å². The lowest BCUT2D eigenvalue weighted by molar-refractivity contribution is 0.367. The Kier molecular flexibility index (Phi) is 7.43. The van der Waals surface area contributed by atoms with Crippen LogP contribution in [0.5, 0.6) is 0 Å². The van der Waals surface area contributed by atoms with Gasteiger partial charge in [-0.3, -0.25) is 4.99 Å². The topological polar surface area (TPSA) is 65.4 Å². The fourth-order valence-corrected chi connectivity index (χ4v) is 1.25. The predicted octanol–water partition coefficient (Wildman–Crippen LogP) is 1.58. The molecule has 0 aliphatic rings. The molecule has 0 aromatic rings. The van der Waals surface area contributed by atoms with Crippen molar-refractivity contribution in [3.63, 3.8) is 0 Å². The Bertz CT molecular complexity index is 227. The lowest BCUT2D eigenvalue weighted by atomic mass is 10.2. The van der Waals surface area contributed by atoms with Gasteiger partial charge in [-0.15, -0.1) is 0 Å². The molecule has 4 nitrogen and oxygen atoms in total. The quantitative estimate of drug-likeness (QED) is 0.534. The lowest BCUT2D eigenvalue weighted by Crippen LogP contribution is -2.40. The average molecular weight is 210 g/mol. The Morgan fingerprint density at radius 2 is 2.20 bits per heavy atom. The number of guanidine groups is 1. The van der Waals surface area contributed by atoms with Crippen molar-refractivity contribution in [2.24, 2.45) is 16.6 Å². The molecular weight excluding hydrogens is 188 g/mol.